The zero-order chi connectivity index (χ0) is 20.7. The maximum absolute atomic E-state index is 12.2. The number of rotatable bonds is 5. The Morgan fingerprint density at radius 1 is 1.04 bits per heavy atom. The molecule has 1 saturated carbocycles. The number of hydrogen-bond acceptors (Lipinski definition) is 5. The number of amides is 3. The average molecular weight is 391 g/mol. The topological polar surface area (TPSA) is 120 Å². The Hall–Kier alpha value is -2.77. The van der Waals surface area contributed by atoms with Crippen LogP contribution >= 0.6 is 0 Å². The highest BCUT2D eigenvalue weighted by Gasteiger charge is 2.36. The van der Waals surface area contributed by atoms with E-state index in [2.05, 4.69) is 10.6 Å². The molecule has 1 aliphatic rings. The van der Waals surface area contributed by atoms with Crippen LogP contribution in [0.3, 0.4) is 0 Å². The number of carbonyl (C=O) groups excluding carboxylic acids is 3. The molecule has 28 heavy (non-hydrogen) atoms. The second-order valence-corrected chi connectivity index (χ2v) is 7.98. The van der Waals surface area contributed by atoms with Crippen molar-refractivity contribution in [3.8, 4) is 0 Å². The molecule has 4 N–H and O–H groups in total. The van der Waals surface area contributed by atoms with E-state index in [1.54, 1.807) is 20.8 Å². The SMILES string of the molecule is CC(C)(C)OC(=O)N[C@@H]1C[C@@H](C(N)=O)CC[C@@H]1NC(=O)OCc1ccccc1. The molecule has 1 aromatic carbocycles. The van der Waals surface area contributed by atoms with Crippen LogP contribution in [-0.2, 0) is 20.9 Å². The largest absolute Gasteiger partial charge is 0.445 e. The normalized spacial score (nSPS) is 22.0. The van der Waals surface area contributed by atoms with Gasteiger partial charge in [0.15, 0.2) is 0 Å². The summed E-state index contributed by atoms with van der Waals surface area (Å²) in [6.45, 7) is 5.43. The van der Waals surface area contributed by atoms with Gasteiger partial charge in [0.2, 0.25) is 5.91 Å². The summed E-state index contributed by atoms with van der Waals surface area (Å²) in [7, 11) is 0. The number of nitrogens with one attached hydrogen (secondary N) is 2. The second-order valence-electron chi connectivity index (χ2n) is 7.98. The average Bonchev–Trinajstić information content (AvgIpc) is 2.60. The van der Waals surface area contributed by atoms with Gasteiger partial charge in [-0.05, 0) is 45.6 Å². The van der Waals surface area contributed by atoms with E-state index < -0.39 is 29.7 Å². The first kappa shape index (κ1) is 21.5. The fourth-order valence-corrected chi connectivity index (χ4v) is 3.14. The number of nitrogens with two attached hydrogens (primary N) is 1. The molecule has 8 heteroatoms. The third kappa shape index (κ3) is 7.09. The van der Waals surface area contributed by atoms with Crippen molar-refractivity contribution in [3.63, 3.8) is 0 Å². The third-order valence-electron chi connectivity index (χ3n) is 4.47. The maximum atomic E-state index is 12.2. The highest BCUT2D eigenvalue weighted by molar-refractivity contribution is 5.77. The fourth-order valence-electron chi connectivity index (χ4n) is 3.14. The Labute approximate surface area is 165 Å². The van der Waals surface area contributed by atoms with E-state index in [9.17, 15) is 14.4 Å². The Morgan fingerprint density at radius 3 is 2.29 bits per heavy atom. The molecular weight excluding hydrogens is 362 g/mol. The van der Waals surface area contributed by atoms with Gasteiger partial charge in [0, 0.05) is 5.92 Å². The standard InChI is InChI=1S/C20H29N3O5/c1-20(2,3)28-19(26)23-16-11-14(17(21)24)9-10-15(16)22-18(25)27-12-13-7-5-4-6-8-13/h4-8,14-16H,9-12H2,1-3H3,(H2,21,24)(H,22,25)(H,23,26)/t14-,15-,16+/m0/s1. The highest BCUT2D eigenvalue weighted by atomic mass is 16.6. The minimum Gasteiger partial charge on any atom is -0.445 e. The summed E-state index contributed by atoms with van der Waals surface area (Å²) in [6.07, 6.45) is 0.174. The van der Waals surface area contributed by atoms with E-state index in [4.69, 9.17) is 15.2 Å². The Bertz CT molecular complexity index is 687. The van der Waals surface area contributed by atoms with Crippen LogP contribution in [0.15, 0.2) is 30.3 Å². The number of carbonyl (C=O) groups is 3. The highest BCUT2D eigenvalue weighted by Crippen LogP contribution is 2.25. The Balaban J connectivity index is 1.95. The van der Waals surface area contributed by atoms with Crippen LogP contribution in [0.4, 0.5) is 9.59 Å². The van der Waals surface area contributed by atoms with Crippen molar-refractivity contribution in [1.82, 2.24) is 10.6 Å². The Morgan fingerprint density at radius 2 is 1.68 bits per heavy atom. The molecule has 0 spiro atoms. The first-order valence-corrected chi connectivity index (χ1v) is 9.40. The van der Waals surface area contributed by atoms with Gasteiger partial charge < -0.3 is 25.8 Å². The van der Waals surface area contributed by atoms with Crippen LogP contribution in [0.5, 0.6) is 0 Å². The molecule has 0 aliphatic heterocycles. The van der Waals surface area contributed by atoms with E-state index in [1.807, 2.05) is 30.3 Å². The van der Waals surface area contributed by atoms with Crippen LogP contribution in [0.2, 0.25) is 0 Å². The van der Waals surface area contributed by atoms with Crippen LogP contribution in [0.25, 0.3) is 0 Å². The van der Waals surface area contributed by atoms with Gasteiger partial charge in [-0.3, -0.25) is 4.79 Å². The molecule has 2 rings (SSSR count). The molecule has 3 amide bonds. The smallest absolute Gasteiger partial charge is 0.407 e. The van der Waals surface area contributed by atoms with Crippen LogP contribution < -0.4 is 16.4 Å². The zero-order valence-electron chi connectivity index (χ0n) is 16.6. The summed E-state index contributed by atoms with van der Waals surface area (Å²) in [5.41, 5.74) is 5.65. The summed E-state index contributed by atoms with van der Waals surface area (Å²) in [4.78, 5) is 35.9. The van der Waals surface area contributed by atoms with Crippen molar-refractivity contribution in [3.05, 3.63) is 35.9 Å². The minimum atomic E-state index is -0.653. The third-order valence-corrected chi connectivity index (χ3v) is 4.47. The van der Waals surface area contributed by atoms with Gasteiger partial charge in [0.05, 0.1) is 12.1 Å². The van der Waals surface area contributed by atoms with Gasteiger partial charge in [-0.25, -0.2) is 9.59 Å². The molecule has 0 bridgehead atoms. The van der Waals surface area contributed by atoms with Crippen molar-refractivity contribution < 1.29 is 23.9 Å². The quantitative estimate of drug-likeness (QED) is 0.712. The molecule has 0 unspecified atom stereocenters. The predicted octanol–water partition coefficient (Wildman–Crippen LogP) is 2.46. The summed E-state index contributed by atoms with van der Waals surface area (Å²) in [5, 5.41) is 5.53. The lowest BCUT2D eigenvalue weighted by Crippen LogP contribution is -2.56. The van der Waals surface area contributed by atoms with E-state index in [0.29, 0.717) is 19.3 Å². The van der Waals surface area contributed by atoms with Gasteiger partial charge in [0.25, 0.3) is 0 Å². The number of hydrogen-bond donors (Lipinski definition) is 3. The molecule has 0 aromatic heterocycles. The molecule has 3 atom stereocenters. The number of alkyl carbamates (subject to hydrolysis) is 2. The second kappa shape index (κ2) is 9.43. The molecule has 0 saturated heterocycles. The summed E-state index contributed by atoms with van der Waals surface area (Å²) in [5.74, 6) is -0.778. The van der Waals surface area contributed by atoms with Gasteiger partial charge in [-0.1, -0.05) is 30.3 Å². The van der Waals surface area contributed by atoms with E-state index in [0.717, 1.165) is 5.56 Å². The van der Waals surface area contributed by atoms with Crippen molar-refractivity contribution in [2.24, 2.45) is 11.7 Å². The van der Waals surface area contributed by atoms with E-state index in [1.165, 1.54) is 0 Å². The monoisotopic (exact) mass is 391 g/mol. The van der Waals surface area contributed by atoms with Gasteiger partial charge in [-0.2, -0.15) is 0 Å². The molecular formula is C20H29N3O5. The molecule has 8 nitrogen and oxygen atoms in total. The summed E-state index contributed by atoms with van der Waals surface area (Å²) < 4.78 is 10.5. The van der Waals surface area contributed by atoms with Gasteiger partial charge >= 0.3 is 12.2 Å². The van der Waals surface area contributed by atoms with Gasteiger partial charge in [0.1, 0.15) is 12.2 Å². The van der Waals surface area contributed by atoms with E-state index in [-0.39, 0.29) is 18.6 Å². The van der Waals surface area contributed by atoms with Crippen LogP contribution in [0.1, 0.15) is 45.6 Å². The van der Waals surface area contributed by atoms with E-state index >= 15 is 0 Å². The molecule has 1 aromatic rings. The minimum absolute atomic E-state index is 0.146. The zero-order valence-corrected chi connectivity index (χ0v) is 16.6. The molecule has 0 radical (unpaired) electrons. The summed E-state index contributed by atoms with van der Waals surface area (Å²) in [6, 6.07) is 8.46. The number of primary amides is 1. The number of ether oxygens (including phenoxy) is 2. The van der Waals surface area contributed by atoms with Crippen molar-refractivity contribution >= 4 is 18.1 Å². The fraction of sp³-hybridized carbons (Fsp3) is 0.550. The molecule has 0 heterocycles. The predicted molar refractivity (Wildman–Crippen MR) is 103 cm³/mol. The lowest BCUT2D eigenvalue weighted by atomic mass is 9.82. The lowest BCUT2D eigenvalue weighted by Gasteiger charge is -2.36. The van der Waals surface area contributed by atoms with Crippen molar-refractivity contribution in [2.75, 3.05) is 0 Å². The molecule has 154 valence electrons. The van der Waals surface area contributed by atoms with Crippen LogP contribution in [-0.4, -0.2) is 35.8 Å². The lowest BCUT2D eigenvalue weighted by molar-refractivity contribution is -0.123. The van der Waals surface area contributed by atoms with Crippen molar-refractivity contribution in [1.29, 1.82) is 0 Å². The summed E-state index contributed by atoms with van der Waals surface area (Å²) >= 11 is 0. The van der Waals surface area contributed by atoms with Crippen LogP contribution in [0, 0.1) is 5.92 Å². The first-order valence-electron chi connectivity index (χ1n) is 9.40. The first-order chi connectivity index (χ1) is 13.1. The Kier molecular flexibility index (Phi) is 7.25. The maximum Gasteiger partial charge on any atom is 0.407 e. The number of benzene rings is 1. The molecule has 1 fully saturated rings. The van der Waals surface area contributed by atoms with Crippen molar-refractivity contribution in [2.45, 2.75) is 64.3 Å². The molecule has 1 aliphatic carbocycles. The van der Waals surface area contributed by atoms with Gasteiger partial charge in [-0.15, -0.1) is 0 Å².